The number of amides is 1. The molecule has 1 saturated heterocycles. The maximum absolute atomic E-state index is 12.3. The molecule has 6 heteroatoms. The van der Waals surface area contributed by atoms with Gasteiger partial charge in [0.2, 0.25) is 5.91 Å². The molecule has 1 amide bonds. The summed E-state index contributed by atoms with van der Waals surface area (Å²) >= 11 is 0. The molecule has 1 fully saturated rings. The molecule has 0 aliphatic carbocycles. The zero-order valence-corrected chi connectivity index (χ0v) is 12.3. The van der Waals surface area contributed by atoms with Crippen LogP contribution in [0.2, 0.25) is 0 Å². The van der Waals surface area contributed by atoms with Gasteiger partial charge in [0.1, 0.15) is 0 Å². The van der Waals surface area contributed by atoms with Crippen LogP contribution in [0.1, 0.15) is 49.8 Å². The van der Waals surface area contributed by atoms with Gasteiger partial charge in [-0.15, -0.1) is 0 Å². The van der Waals surface area contributed by atoms with Crippen LogP contribution in [0.3, 0.4) is 0 Å². The zero-order valence-electron chi connectivity index (χ0n) is 12.3. The Balaban J connectivity index is 1.94. The number of carbonyl (C=O) groups is 2. The molecule has 0 aromatic carbocycles. The molecular formula is C14H21N3O3. The van der Waals surface area contributed by atoms with Gasteiger partial charge >= 0.3 is 5.97 Å². The van der Waals surface area contributed by atoms with Gasteiger partial charge in [-0.25, -0.2) is 4.79 Å². The van der Waals surface area contributed by atoms with E-state index in [4.69, 9.17) is 5.11 Å². The number of aromatic nitrogens is 2. The van der Waals surface area contributed by atoms with Crippen molar-refractivity contribution in [3.05, 3.63) is 17.5 Å². The first-order valence-corrected chi connectivity index (χ1v) is 6.77. The molecule has 6 nitrogen and oxygen atoms in total. The maximum Gasteiger partial charge on any atom is 0.356 e. The van der Waals surface area contributed by atoms with E-state index < -0.39 is 5.97 Å². The highest BCUT2D eigenvalue weighted by molar-refractivity contribution is 5.85. The third-order valence-corrected chi connectivity index (χ3v) is 4.12. The maximum atomic E-state index is 12.3. The minimum Gasteiger partial charge on any atom is -0.476 e. The van der Waals surface area contributed by atoms with Crippen LogP contribution in [-0.4, -0.2) is 45.2 Å². The highest BCUT2D eigenvalue weighted by Crippen LogP contribution is 2.32. The number of carbonyl (C=O) groups excluding carboxylic acids is 1. The van der Waals surface area contributed by atoms with Gasteiger partial charge in [-0.2, -0.15) is 5.10 Å². The lowest BCUT2D eigenvalue weighted by molar-refractivity contribution is -0.142. The SMILES string of the molecule is CC(C(=O)N1CC(c2cc(C(=O)O)n[nH]2)C1)C(C)(C)C. The standard InChI is InChI=1S/C14H21N3O3/c1-8(14(2,3)4)12(18)17-6-9(7-17)10-5-11(13(19)20)16-15-10/h5,8-9H,6-7H2,1-4H3,(H,15,16)(H,19,20). The fourth-order valence-electron chi connectivity index (χ4n) is 2.15. The Morgan fingerprint density at radius 2 is 2.05 bits per heavy atom. The van der Waals surface area contributed by atoms with Crippen LogP contribution < -0.4 is 0 Å². The molecule has 2 N–H and O–H groups in total. The van der Waals surface area contributed by atoms with E-state index in [1.54, 1.807) is 6.07 Å². The average molecular weight is 279 g/mol. The van der Waals surface area contributed by atoms with Crippen molar-refractivity contribution in [2.24, 2.45) is 11.3 Å². The predicted octanol–water partition coefficient (Wildman–Crippen LogP) is 1.72. The van der Waals surface area contributed by atoms with Crippen molar-refractivity contribution in [1.29, 1.82) is 0 Å². The van der Waals surface area contributed by atoms with Crippen LogP contribution in [0.5, 0.6) is 0 Å². The summed E-state index contributed by atoms with van der Waals surface area (Å²) in [6.45, 7) is 9.37. The van der Waals surface area contributed by atoms with Crippen molar-refractivity contribution in [2.45, 2.75) is 33.6 Å². The van der Waals surface area contributed by atoms with Gasteiger partial charge in [-0.1, -0.05) is 27.7 Å². The molecule has 2 heterocycles. The third-order valence-electron chi connectivity index (χ3n) is 4.12. The Labute approximate surface area is 118 Å². The van der Waals surface area contributed by atoms with Crippen molar-refractivity contribution in [2.75, 3.05) is 13.1 Å². The summed E-state index contributed by atoms with van der Waals surface area (Å²) in [4.78, 5) is 24.9. The third kappa shape index (κ3) is 2.69. The van der Waals surface area contributed by atoms with Gasteiger partial charge < -0.3 is 10.0 Å². The molecule has 110 valence electrons. The summed E-state index contributed by atoms with van der Waals surface area (Å²) in [5, 5.41) is 15.3. The minimum atomic E-state index is -1.04. The highest BCUT2D eigenvalue weighted by Gasteiger charge is 2.38. The molecule has 1 aromatic heterocycles. The van der Waals surface area contributed by atoms with Crippen LogP contribution >= 0.6 is 0 Å². The molecule has 0 bridgehead atoms. The Morgan fingerprint density at radius 3 is 2.50 bits per heavy atom. The summed E-state index contributed by atoms with van der Waals surface area (Å²) in [6, 6.07) is 1.54. The Hall–Kier alpha value is -1.85. The smallest absolute Gasteiger partial charge is 0.356 e. The van der Waals surface area contributed by atoms with Crippen LogP contribution in [-0.2, 0) is 4.79 Å². The number of aromatic amines is 1. The summed E-state index contributed by atoms with van der Waals surface area (Å²) in [5.74, 6) is -0.751. The lowest BCUT2D eigenvalue weighted by Gasteiger charge is -2.42. The molecule has 1 atom stereocenters. The number of aromatic carboxylic acids is 1. The summed E-state index contributed by atoms with van der Waals surface area (Å²) in [7, 11) is 0. The van der Waals surface area contributed by atoms with E-state index in [9.17, 15) is 9.59 Å². The number of carboxylic acids is 1. The van der Waals surface area contributed by atoms with Crippen LogP contribution in [0.4, 0.5) is 0 Å². The Morgan fingerprint density at radius 1 is 1.45 bits per heavy atom. The molecule has 2 rings (SSSR count). The lowest BCUT2D eigenvalue weighted by atomic mass is 9.80. The molecule has 1 aliphatic rings. The molecule has 1 aliphatic heterocycles. The monoisotopic (exact) mass is 279 g/mol. The second-order valence-electron chi connectivity index (χ2n) is 6.54. The van der Waals surface area contributed by atoms with Crippen LogP contribution in [0.25, 0.3) is 0 Å². The Kier molecular flexibility index (Phi) is 3.58. The van der Waals surface area contributed by atoms with Crippen molar-refractivity contribution >= 4 is 11.9 Å². The fraction of sp³-hybridized carbons (Fsp3) is 0.643. The number of rotatable bonds is 3. The average Bonchev–Trinajstić information content (AvgIpc) is 2.73. The largest absolute Gasteiger partial charge is 0.476 e. The second kappa shape index (κ2) is 4.92. The van der Waals surface area contributed by atoms with E-state index in [2.05, 4.69) is 31.0 Å². The zero-order chi connectivity index (χ0) is 15.1. The van der Waals surface area contributed by atoms with Gasteiger partial charge in [0, 0.05) is 30.6 Å². The summed E-state index contributed by atoms with van der Waals surface area (Å²) < 4.78 is 0. The van der Waals surface area contributed by atoms with E-state index in [0.717, 1.165) is 5.69 Å². The topological polar surface area (TPSA) is 86.3 Å². The van der Waals surface area contributed by atoms with Gasteiger partial charge in [-0.05, 0) is 11.5 Å². The molecule has 0 saturated carbocycles. The number of hydrogen-bond acceptors (Lipinski definition) is 3. The number of likely N-dealkylation sites (tertiary alicyclic amines) is 1. The van der Waals surface area contributed by atoms with Gasteiger partial charge in [-0.3, -0.25) is 9.89 Å². The minimum absolute atomic E-state index is 0.0211. The number of hydrogen-bond donors (Lipinski definition) is 2. The van der Waals surface area contributed by atoms with Gasteiger partial charge in [0.25, 0.3) is 0 Å². The fourth-order valence-corrected chi connectivity index (χ4v) is 2.15. The summed E-state index contributed by atoms with van der Waals surface area (Å²) in [6.07, 6.45) is 0. The van der Waals surface area contributed by atoms with Crippen molar-refractivity contribution in [3.8, 4) is 0 Å². The van der Waals surface area contributed by atoms with E-state index >= 15 is 0 Å². The van der Waals surface area contributed by atoms with Crippen molar-refractivity contribution < 1.29 is 14.7 Å². The first-order valence-electron chi connectivity index (χ1n) is 6.77. The van der Waals surface area contributed by atoms with Gasteiger partial charge in [0.15, 0.2) is 5.69 Å². The second-order valence-corrected chi connectivity index (χ2v) is 6.54. The number of carboxylic acid groups (broad SMARTS) is 1. The molecule has 0 spiro atoms. The van der Waals surface area contributed by atoms with Crippen molar-refractivity contribution in [1.82, 2.24) is 15.1 Å². The number of H-pyrrole nitrogens is 1. The van der Waals surface area contributed by atoms with Crippen LogP contribution in [0, 0.1) is 11.3 Å². The molecular weight excluding hydrogens is 258 g/mol. The first-order chi connectivity index (χ1) is 9.20. The quantitative estimate of drug-likeness (QED) is 0.882. The first kappa shape index (κ1) is 14.6. The Bertz CT molecular complexity index is 524. The number of nitrogens with one attached hydrogen (secondary N) is 1. The summed E-state index contributed by atoms with van der Waals surface area (Å²) in [5.41, 5.74) is 0.759. The van der Waals surface area contributed by atoms with Crippen LogP contribution in [0.15, 0.2) is 6.07 Å². The number of nitrogens with zero attached hydrogens (tertiary/aromatic N) is 2. The molecule has 1 aromatic rings. The van der Waals surface area contributed by atoms with E-state index in [0.29, 0.717) is 13.1 Å². The lowest BCUT2D eigenvalue weighted by Crippen LogP contribution is -2.52. The normalized spacial score (nSPS) is 17.7. The van der Waals surface area contributed by atoms with E-state index in [-0.39, 0.29) is 28.9 Å². The van der Waals surface area contributed by atoms with E-state index in [1.165, 1.54) is 0 Å². The van der Waals surface area contributed by atoms with E-state index in [1.807, 2.05) is 11.8 Å². The predicted molar refractivity (Wildman–Crippen MR) is 73.5 cm³/mol. The van der Waals surface area contributed by atoms with Crippen molar-refractivity contribution in [3.63, 3.8) is 0 Å². The molecule has 20 heavy (non-hydrogen) atoms. The molecule has 1 unspecified atom stereocenters. The van der Waals surface area contributed by atoms with Gasteiger partial charge in [0.05, 0.1) is 0 Å². The molecule has 0 radical (unpaired) electrons. The highest BCUT2D eigenvalue weighted by atomic mass is 16.4.